The summed E-state index contributed by atoms with van der Waals surface area (Å²) < 4.78 is 11.2. The molecular weight excluding hydrogens is 354 g/mol. The van der Waals surface area contributed by atoms with Gasteiger partial charge in [0.25, 0.3) is 5.89 Å². The molecule has 0 N–H and O–H groups in total. The largest absolute Gasteiger partial charge is 0.494 e. The van der Waals surface area contributed by atoms with E-state index in [1.807, 2.05) is 26.0 Å². The Morgan fingerprint density at radius 2 is 1.96 bits per heavy atom. The van der Waals surface area contributed by atoms with E-state index in [4.69, 9.17) is 9.26 Å². The number of nitrogens with zero attached hydrogens (tertiary/aromatic N) is 5. The van der Waals surface area contributed by atoms with Crippen LogP contribution in [0.15, 0.2) is 41.2 Å². The molecular formula is C21H25N5O2. The fourth-order valence-corrected chi connectivity index (χ4v) is 3.53. The van der Waals surface area contributed by atoms with E-state index in [-0.39, 0.29) is 0 Å². The first-order valence-electron chi connectivity index (χ1n) is 9.78. The lowest BCUT2D eigenvalue weighted by Crippen LogP contribution is -2.32. The molecule has 0 aliphatic carbocycles. The SMILES string of the molecule is CCOc1ccccc1CN1CCC(c2noc(-c3cnc(C)cn3)n2)CC1. The maximum atomic E-state index is 5.75. The summed E-state index contributed by atoms with van der Waals surface area (Å²) in [6.45, 7) is 7.50. The van der Waals surface area contributed by atoms with Crippen LogP contribution in [0.3, 0.4) is 0 Å². The molecule has 2 aromatic heterocycles. The summed E-state index contributed by atoms with van der Waals surface area (Å²) in [6, 6.07) is 8.28. The highest BCUT2D eigenvalue weighted by Gasteiger charge is 2.25. The summed E-state index contributed by atoms with van der Waals surface area (Å²) in [5.74, 6) is 2.51. The van der Waals surface area contributed by atoms with Crippen molar-refractivity contribution in [1.82, 2.24) is 25.0 Å². The molecule has 0 amide bonds. The van der Waals surface area contributed by atoms with Crippen LogP contribution in [0.25, 0.3) is 11.6 Å². The number of para-hydroxylation sites is 1. The maximum Gasteiger partial charge on any atom is 0.278 e. The number of rotatable bonds is 6. The normalized spacial score (nSPS) is 15.6. The van der Waals surface area contributed by atoms with Gasteiger partial charge in [0.05, 0.1) is 18.5 Å². The van der Waals surface area contributed by atoms with Gasteiger partial charge in [-0.2, -0.15) is 4.98 Å². The molecule has 1 aromatic carbocycles. The molecule has 0 bridgehead atoms. The Labute approximate surface area is 164 Å². The van der Waals surface area contributed by atoms with Gasteiger partial charge in [-0.05, 0) is 45.8 Å². The lowest BCUT2D eigenvalue weighted by molar-refractivity contribution is 0.197. The molecule has 1 fully saturated rings. The van der Waals surface area contributed by atoms with E-state index >= 15 is 0 Å². The molecule has 28 heavy (non-hydrogen) atoms. The van der Waals surface area contributed by atoms with Gasteiger partial charge in [0.15, 0.2) is 5.82 Å². The molecule has 0 unspecified atom stereocenters. The number of ether oxygens (including phenoxy) is 1. The van der Waals surface area contributed by atoms with Crippen LogP contribution >= 0.6 is 0 Å². The first-order valence-corrected chi connectivity index (χ1v) is 9.78. The summed E-state index contributed by atoms with van der Waals surface area (Å²) in [5.41, 5.74) is 2.72. The average molecular weight is 379 g/mol. The number of aromatic nitrogens is 4. The van der Waals surface area contributed by atoms with Gasteiger partial charge in [-0.15, -0.1) is 0 Å². The van der Waals surface area contributed by atoms with Gasteiger partial charge in [-0.25, -0.2) is 4.98 Å². The van der Waals surface area contributed by atoms with E-state index in [2.05, 4.69) is 37.1 Å². The van der Waals surface area contributed by atoms with Crippen molar-refractivity contribution in [2.45, 2.75) is 39.2 Å². The second-order valence-electron chi connectivity index (χ2n) is 7.09. The highest BCUT2D eigenvalue weighted by atomic mass is 16.5. The molecule has 146 valence electrons. The van der Waals surface area contributed by atoms with Crippen LogP contribution in [0.4, 0.5) is 0 Å². The topological polar surface area (TPSA) is 77.2 Å². The summed E-state index contributed by atoms with van der Waals surface area (Å²) in [5, 5.41) is 4.19. The van der Waals surface area contributed by atoms with E-state index in [1.54, 1.807) is 12.4 Å². The Balaban J connectivity index is 1.36. The standard InChI is InChI=1S/C21H25N5O2/c1-3-27-19-7-5-4-6-17(19)14-26-10-8-16(9-11-26)20-24-21(28-25-20)18-13-22-15(2)12-23-18/h4-7,12-13,16H,3,8-11,14H2,1-2H3. The zero-order chi connectivity index (χ0) is 19.3. The summed E-state index contributed by atoms with van der Waals surface area (Å²) in [7, 11) is 0. The average Bonchev–Trinajstić information content (AvgIpc) is 3.21. The molecule has 3 aromatic rings. The Bertz CT molecular complexity index is 901. The lowest BCUT2D eigenvalue weighted by atomic mass is 9.96. The van der Waals surface area contributed by atoms with Crippen LogP contribution in [0.1, 0.15) is 42.8 Å². The Hall–Kier alpha value is -2.80. The maximum absolute atomic E-state index is 5.75. The quantitative estimate of drug-likeness (QED) is 0.647. The molecule has 0 spiro atoms. The first kappa shape index (κ1) is 18.6. The molecule has 0 atom stereocenters. The predicted octanol–water partition coefficient (Wildman–Crippen LogP) is 3.61. The van der Waals surface area contributed by atoms with Crippen molar-refractivity contribution >= 4 is 0 Å². The van der Waals surface area contributed by atoms with Gasteiger partial charge in [0, 0.05) is 24.2 Å². The van der Waals surface area contributed by atoms with Crippen molar-refractivity contribution < 1.29 is 9.26 Å². The number of hydrogen-bond acceptors (Lipinski definition) is 7. The molecule has 1 aliphatic heterocycles. The van der Waals surface area contributed by atoms with Crippen molar-refractivity contribution in [2.75, 3.05) is 19.7 Å². The van der Waals surface area contributed by atoms with E-state index in [0.717, 1.165) is 49.7 Å². The molecule has 4 rings (SSSR count). The van der Waals surface area contributed by atoms with Gasteiger partial charge < -0.3 is 9.26 Å². The minimum absolute atomic E-state index is 0.314. The lowest BCUT2D eigenvalue weighted by Gasteiger charge is -2.30. The van der Waals surface area contributed by atoms with Crippen LogP contribution in [-0.4, -0.2) is 44.7 Å². The van der Waals surface area contributed by atoms with E-state index in [9.17, 15) is 0 Å². The summed E-state index contributed by atoms with van der Waals surface area (Å²) >= 11 is 0. The minimum atomic E-state index is 0.314. The van der Waals surface area contributed by atoms with Crippen molar-refractivity contribution in [3.8, 4) is 17.3 Å². The monoisotopic (exact) mass is 379 g/mol. The second kappa shape index (κ2) is 8.48. The molecule has 1 saturated heterocycles. The molecule has 0 saturated carbocycles. The van der Waals surface area contributed by atoms with Crippen LogP contribution in [0.5, 0.6) is 5.75 Å². The molecule has 7 nitrogen and oxygen atoms in total. The second-order valence-corrected chi connectivity index (χ2v) is 7.09. The van der Waals surface area contributed by atoms with Crippen LogP contribution in [0.2, 0.25) is 0 Å². The third-order valence-corrected chi connectivity index (χ3v) is 5.06. The van der Waals surface area contributed by atoms with Crippen molar-refractivity contribution in [3.05, 3.63) is 53.7 Å². The van der Waals surface area contributed by atoms with Gasteiger partial charge in [-0.1, -0.05) is 23.4 Å². The van der Waals surface area contributed by atoms with Crippen molar-refractivity contribution in [2.24, 2.45) is 0 Å². The van der Waals surface area contributed by atoms with Gasteiger partial charge in [-0.3, -0.25) is 9.88 Å². The Morgan fingerprint density at radius 3 is 2.71 bits per heavy atom. The number of piperidine rings is 1. The van der Waals surface area contributed by atoms with Gasteiger partial charge in [0.2, 0.25) is 0 Å². The highest BCUT2D eigenvalue weighted by molar-refractivity contribution is 5.44. The Kier molecular flexibility index (Phi) is 5.62. The molecule has 7 heteroatoms. The number of likely N-dealkylation sites (tertiary alicyclic amines) is 1. The zero-order valence-corrected chi connectivity index (χ0v) is 16.3. The van der Waals surface area contributed by atoms with E-state index in [0.29, 0.717) is 24.1 Å². The number of hydrogen-bond donors (Lipinski definition) is 0. The van der Waals surface area contributed by atoms with Gasteiger partial charge in [0.1, 0.15) is 11.4 Å². The smallest absolute Gasteiger partial charge is 0.278 e. The van der Waals surface area contributed by atoms with Gasteiger partial charge >= 0.3 is 0 Å². The zero-order valence-electron chi connectivity index (χ0n) is 16.3. The fourth-order valence-electron chi connectivity index (χ4n) is 3.53. The Morgan fingerprint density at radius 1 is 1.14 bits per heavy atom. The van der Waals surface area contributed by atoms with E-state index in [1.165, 1.54) is 5.56 Å². The predicted molar refractivity (Wildman–Crippen MR) is 105 cm³/mol. The van der Waals surface area contributed by atoms with Crippen LogP contribution < -0.4 is 4.74 Å². The van der Waals surface area contributed by atoms with Crippen LogP contribution in [-0.2, 0) is 6.54 Å². The minimum Gasteiger partial charge on any atom is -0.494 e. The highest BCUT2D eigenvalue weighted by Crippen LogP contribution is 2.29. The summed E-state index contributed by atoms with van der Waals surface area (Å²) in [4.78, 5) is 15.6. The fraction of sp³-hybridized carbons (Fsp3) is 0.429. The molecule has 3 heterocycles. The first-order chi connectivity index (χ1) is 13.7. The van der Waals surface area contributed by atoms with Crippen molar-refractivity contribution in [1.29, 1.82) is 0 Å². The molecule has 0 radical (unpaired) electrons. The third-order valence-electron chi connectivity index (χ3n) is 5.06. The van der Waals surface area contributed by atoms with Crippen LogP contribution in [0, 0.1) is 6.92 Å². The third kappa shape index (κ3) is 4.20. The summed E-state index contributed by atoms with van der Waals surface area (Å²) in [6.07, 6.45) is 5.40. The van der Waals surface area contributed by atoms with Crippen molar-refractivity contribution in [3.63, 3.8) is 0 Å². The van der Waals surface area contributed by atoms with E-state index < -0.39 is 0 Å². The molecule has 1 aliphatic rings. The number of aryl methyl sites for hydroxylation is 1. The number of benzene rings is 1.